The molecule has 1 atom stereocenters. The van der Waals surface area contributed by atoms with Gasteiger partial charge in [-0.1, -0.05) is 32.6 Å². The summed E-state index contributed by atoms with van der Waals surface area (Å²) in [5.41, 5.74) is -1.19. The zero-order valence-electron chi connectivity index (χ0n) is 8.34. The Bertz CT molecular complexity index is 207. The molecular weight excluding hydrogens is 166 g/mol. The highest BCUT2D eigenvalue weighted by Gasteiger charge is 2.32. The number of unbranched alkanes of at least 4 members (excludes halogenated alkanes) is 3. The molecular formula is C10H17NO2. The van der Waals surface area contributed by atoms with Crippen molar-refractivity contribution in [1.29, 1.82) is 5.26 Å². The molecule has 3 nitrogen and oxygen atoms in total. The maximum atomic E-state index is 10.7. The quantitative estimate of drug-likeness (QED) is 0.644. The SMILES string of the molecule is CCCCCC[C@](C)(C#N)C(=O)O. The third-order valence-corrected chi connectivity index (χ3v) is 2.25. The summed E-state index contributed by atoms with van der Waals surface area (Å²) in [6.45, 7) is 3.59. The third-order valence-electron chi connectivity index (χ3n) is 2.25. The molecule has 0 saturated heterocycles. The molecule has 0 radical (unpaired) electrons. The average molecular weight is 183 g/mol. The van der Waals surface area contributed by atoms with E-state index in [1.165, 1.54) is 6.92 Å². The van der Waals surface area contributed by atoms with E-state index in [2.05, 4.69) is 6.92 Å². The van der Waals surface area contributed by atoms with Gasteiger partial charge in [0.15, 0.2) is 5.41 Å². The Hall–Kier alpha value is -1.04. The summed E-state index contributed by atoms with van der Waals surface area (Å²) in [5, 5.41) is 17.4. The molecule has 74 valence electrons. The van der Waals surface area contributed by atoms with Crippen LogP contribution in [0, 0.1) is 16.7 Å². The van der Waals surface area contributed by atoms with E-state index in [0.29, 0.717) is 6.42 Å². The van der Waals surface area contributed by atoms with Crippen LogP contribution in [-0.4, -0.2) is 11.1 Å². The van der Waals surface area contributed by atoms with Crippen LogP contribution in [0.5, 0.6) is 0 Å². The summed E-state index contributed by atoms with van der Waals surface area (Å²) in [6, 6.07) is 1.86. The van der Waals surface area contributed by atoms with E-state index in [1.54, 1.807) is 0 Å². The molecule has 3 heteroatoms. The zero-order valence-corrected chi connectivity index (χ0v) is 8.34. The van der Waals surface area contributed by atoms with Gasteiger partial charge in [-0.15, -0.1) is 0 Å². The van der Waals surface area contributed by atoms with Crippen molar-refractivity contribution >= 4 is 5.97 Å². The number of hydrogen-bond donors (Lipinski definition) is 1. The first-order valence-electron chi connectivity index (χ1n) is 4.71. The van der Waals surface area contributed by atoms with Gasteiger partial charge in [0.25, 0.3) is 0 Å². The van der Waals surface area contributed by atoms with Gasteiger partial charge in [0.05, 0.1) is 6.07 Å². The van der Waals surface area contributed by atoms with Crippen molar-refractivity contribution in [2.24, 2.45) is 5.41 Å². The lowest BCUT2D eigenvalue weighted by Crippen LogP contribution is -2.25. The minimum Gasteiger partial charge on any atom is -0.480 e. The number of carboxylic acid groups (broad SMARTS) is 1. The van der Waals surface area contributed by atoms with Crippen LogP contribution >= 0.6 is 0 Å². The molecule has 0 aromatic carbocycles. The Labute approximate surface area is 79.4 Å². The second-order valence-electron chi connectivity index (χ2n) is 3.56. The largest absolute Gasteiger partial charge is 0.480 e. The number of rotatable bonds is 6. The van der Waals surface area contributed by atoms with E-state index in [1.807, 2.05) is 6.07 Å². The number of nitrogens with zero attached hydrogens (tertiary/aromatic N) is 1. The molecule has 0 amide bonds. The van der Waals surface area contributed by atoms with E-state index in [9.17, 15) is 4.79 Å². The predicted molar refractivity (Wildman–Crippen MR) is 50.1 cm³/mol. The molecule has 0 aliphatic heterocycles. The van der Waals surface area contributed by atoms with Gasteiger partial charge in [0, 0.05) is 0 Å². The van der Waals surface area contributed by atoms with Crippen LogP contribution in [0.1, 0.15) is 46.0 Å². The molecule has 0 aliphatic carbocycles. The van der Waals surface area contributed by atoms with Crippen LogP contribution in [0.4, 0.5) is 0 Å². The van der Waals surface area contributed by atoms with Crippen molar-refractivity contribution in [3.8, 4) is 6.07 Å². The minimum atomic E-state index is -1.19. The lowest BCUT2D eigenvalue weighted by Gasteiger charge is -2.14. The Kier molecular flexibility index (Phi) is 5.13. The lowest BCUT2D eigenvalue weighted by atomic mass is 9.86. The fraction of sp³-hybridized carbons (Fsp3) is 0.800. The standard InChI is InChI=1S/C10H17NO2/c1-3-4-5-6-7-10(2,8-11)9(12)13/h3-7H2,1-2H3,(H,12,13)/t10-/m1/s1. The summed E-state index contributed by atoms with van der Waals surface area (Å²) in [7, 11) is 0. The Morgan fingerprint density at radius 2 is 2.08 bits per heavy atom. The summed E-state index contributed by atoms with van der Waals surface area (Å²) in [5.74, 6) is -1.01. The smallest absolute Gasteiger partial charge is 0.323 e. The van der Waals surface area contributed by atoms with E-state index in [-0.39, 0.29) is 0 Å². The van der Waals surface area contributed by atoms with Crippen molar-refractivity contribution in [1.82, 2.24) is 0 Å². The van der Waals surface area contributed by atoms with Crippen LogP contribution in [0.15, 0.2) is 0 Å². The van der Waals surface area contributed by atoms with E-state index < -0.39 is 11.4 Å². The predicted octanol–water partition coefficient (Wildman–Crippen LogP) is 2.57. The topological polar surface area (TPSA) is 61.1 Å². The third kappa shape index (κ3) is 3.93. The molecule has 0 spiro atoms. The normalized spacial score (nSPS) is 14.5. The summed E-state index contributed by atoms with van der Waals surface area (Å²) in [6.07, 6.45) is 4.53. The van der Waals surface area contributed by atoms with Crippen molar-refractivity contribution in [3.05, 3.63) is 0 Å². The fourth-order valence-electron chi connectivity index (χ4n) is 1.12. The van der Waals surface area contributed by atoms with E-state index in [4.69, 9.17) is 10.4 Å². The highest BCUT2D eigenvalue weighted by molar-refractivity contribution is 5.77. The molecule has 0 bridgehead atoms. The summed E-state index contributed by atoms with van der Waals surface area (Å²) < 4.78 is 0. The first kappa shape index (κ1) is 12.0. The second-order valence-corrected chi connectivity index (χ2v) is 3.56. The zero-order chi connectivity index (χ0) is 10.3. The van der Waals surface area contributed by atoms with Gasteiger partial charge >= 0.3 is 5.97 Å². The molecule has 13 heavy (non-hydrogen) atoms. The maximum Gasteiger partial charge on any atom is 0.323 e. The maximum absolute atomic E-state index is 10.7. The van der Waals surface area contributed by atoms with Gasteiger partial charge in [0.2, 0.25) is 0 Å². The molecule has 0 aromatic heterocycles. The first-order chi connectivity index (χ1) is 6.06. The van der Waals surface area contributed by atoms with Crippen LogP contribution in [0.25, 0.3) is 0 Å². The van der Waals surface area contributed by atoms with Gasteiger partial charge in [-0.2, -0.15) is 5.26 Å². The van der Waals surface area contributed by atoms with Crippen LogP contribution in [-0.2, 0) is 4.79 Å². The van der Waals surface area contributed by atoms with Gasteiger partial charge < -0.3 is 5.11 Å². The van der Waals surface area contributed by atoms with Crippen LogP contribution in [0.3, 0.4) is 0 Å². The highest BCUT2D eigenvalue weighted by Crippen LogP contribution is 2.23. The molecule has 0 heterocycles. The van der Waals surface area contributed by atoms with Gasteiger partial charge in [-0.3, -0.25) is 4.79 Å². The highest BCUT2D eigenvalue weighted by atomic mass is 16.4. The lowest BCUT2D eigenvalue weighted by molar-refractivity contribution is -0.145. The Morgan fingerprint density at radius 3 is 2.46 bits per heavy atom. The summed E-state index contributed by atoms with van der Waals surface area (Å²) >= 11 is 0. The van der Waals surface area contributed by atoms with Crippen molar-refractivity contribution in [2.45, 2.75) is 46.0 Å². The Morgan fingerprint density at radius 1 is 1.46 bits per heavy atom. The van der Waals surface area contributed by atoms with Crippen molar-refractivity contribution in [2.75, 3.05) is 0 Å². The molecule has 0 saturated carbocycles. The summed E-state index contributed by atoms with van der Waals surface area (Å²) in [4.78, 5) is 10.7. The number of carbonyl (C=O) groups is 1. The monoisotopic (exact) mass is 183 g/mol. The number of carboxylic acids is 1. The van der Waals surface area contributed by atoms with Crippen LogP contribution < -0.4 is 0 Å². The van der Waals surface area contributed by atoms with Crippen molar-refractivity contribution in [3.63, 3.8) is 0 Å². The molecule has 1 N–H and O–H groups in total. The number of nitriles is 1. The van der Waals surface area contributed by atoms with Gasteiger partial charge in [0.1, 0.15) is 0 Å². The fourth-order valence-corrected chi connectivity index (χ4v) is 1.12. The van der Waals surface area contributed by atoms with Crippen molar-refractivity contribution < 1.29 is 9.90 Å². The number of hydrogen-bond acceptors (Lipinski definition) is 2. The molecule has 0 aliphatic rings. The van der Waals surface area contributed by atoms with Crippen LogP contribution in [0.2, 0.25) is 0 Å². The molecule has 0 unspecified atom stereocenters. The van der Waals surface area contributed by atoms with E-state index in [0.717, 1.165) is 25.7 Å². The molecule has 0 fully saturated rings. The first-order valence-corrected chi connectivity index (χ1v) is 4.71. The van der Waals surface area contributed by atoms with Gasteiger partial charge in [-0.25, -0.2) is 0 Å². The van der Waals surface area contributed by atoms with E-state index >= 15 is 0 Å². The molecule has 0 aromatic rings. The molecule has 0 rings (SSSR count). The minimum absolute atomic E-state index is 0.457. The average Bonchev–Trinajstić information content (AvgIpc) is 2.12. The van der Waals surface area contributed by atoms with Gasteiger partial charge in [-0.05, 0) is 13.3 Å². The second kappa shape index (κ2) is 5.58. The number of aliphatic carboxylic acids is 1. The Balaban J connectivity index is 3.87.